The van der Waals surface area contributed by atoms with E-state index in [9.17, 15) is 0 Å². The molecule has 0 aromatic heterocycles. The van der Waals surface area contributed by atoms with E-state index in [0.29, 0.717) is 13.4 Å². The highest BCUT2D eigenvalue weighted by Crippen LogP contribution is 2.39. The van der Waals surface area contributed by atoms with Crippen molar-refractivity contribution in [1.29, 1.82) is 0 Å². The van der Waals surface area contributed by atoms with Crippen molar-refractivity contribution in [2.45, 2.75) is 6.04 Å². The van der Waals surface area contributed by atoms with Crippen LogP contribution in [0, 0.1) is 0 Å². The maximum absolute atomic E-state index is 5.46. The molecule has 0 unspecified atom stereocenters. The lowest BCUT2D eigenvalue weighted by Gasteiger charge is -2.25. The Labute approximate surface area is 114 Å². The lowest BCUT2D eigenvalue weighted by Crippen LogP contribution is -2.34. The summed E-state index contributed by atoms with van der Waals surface area (Å²) in [5.41, 5.74) is 1.16. The summed E-state index contributed by atoms with van der Waals surface area (Å²) in [6.45, 7) is 2.66. The molecule has 0 bridgehead atoms. The van der Waals surface area contributed by atoms with E-state index in [-0.39, 0.29) is 18.4 Å². The molecule has 0 saturated carbocycles. The summed E-state index contributed by atoms with van der Waals surface area (Å²) in [5, 5.41) is 3.42. The van der Waals surface area contributed by atoms with Crippen molar-refractivity contribution in [3.8, 4) is 11.5 Å². The second-order valence-electron chi connectivity index (χ2n) is 3.81. The molecule has 0 aliphatic carbocycles. The monoisotopic (exact) mass is 321 g/mol. The van der Waals surface area contributed by atoms with Crippen molar-refractivity contribution in [3.63, 3.8) is 0 Å². The van der Waals surface area contributed by atoms with E-state index in [1.807, 2.05) is 12.1 Å². The number of rotatable bonds is 1. The standard InChI is InChI=1S/C11H12BrNO3.ClH/c12-8-4-11-10(15-6-16-11)3-7(8)9-5-14-2-1-13-9;/h3-4,9,13H,1-2,5-6H2;1H/t9-;/m0./s1. The van der Waals surface area contributed by atoms with Gasteiger partial charge in [0, 0.05) is 11.0 Å². The lowest BCUT2D eigenvalue weighted by molar-refractivity contribution is 0.0766. The fourth-order valence-electron chi connectivity index (χ4n) is 1.97. The topological polar surface area (TPSA) is 39.7 Å². The maximum Gasteiger partial charge on any atom is 0.231 e. The number of halogens is 2. The Morgan fingerprint density at radius 2 is 2.00 bits per heavy atom. The van der Waals surface area contributed by atoms with Gasteiger partial charge in [-0.1, -0.05) is 15.9 Å². The van der Waals surface area contributed by atoms with Crippen molar-refractivity contribution >= 4 is 28.3 Å². The zero-order valence-electron chi connectivity index (χ0n) is 9.07. The van der Waals surface area contributed by atoms with Gasteiger partial charge in [-0.2, -0.15) is 0 Å². The summed E-state index contributed by atoms with van der Waals surface area (Å²) in [6, 6.07) is 4.19. The highest BCUT2D eigenvalue weighted by atomic mass is 79.9. The summed E-state index contributed by atoms with van der Waals surface area (Å²) >= 11 is 3.55. The minimum Gasteiger partial charge on any atom is -0.454 e. The molecule has 0 radical (unpaired) electrons. The first-order valence-corrected chi connectivity index (χ1v) is 6.04. The fraction of sp³-hybridized carbons (Fsp3) is 0.455. The molecule has 2 aliphatic rings. The van der Waals surface area contributed by atoms with Crippen molar-refractivity contribution < 1.29 is 14.2 Å². The predicted molar refractivity (Wildman–Crippen MR) is 69.1 cm³/mol. The lowest BCUT2D eigenvalue weighted by atomic mass is 10.1. The molecule has 4 nitrogen and oxygen atoms in total. The van der Waals surface area contributed by atoms with Gasteiger partial charge in [-0.25, -0.2) is 0 Å². The van der Waals surface area contributed by atoms with Crippen molar-refractivity contribution in [2.24, 2.45) is 0 Å². The van der Waals surface area contributed by atoms with Crippen molar-refractivity contribution in [3.05, 3.63) is 22.2 Å². The molecule has 2 aliphatic heterocycles. The van der Waals surface area contributed by atoms with Gasteiger partial charge in [-0.3, -0.25) is 0 Å². The number of benzene rings is 1. The molecule has 6 heteroatoms. The van der Waals surface area contributed by atoms with Gasteiger partial charge >= 0.3 is 0 Å². The Balaban J connectivity index is 0.00000108. The molecule has 1 N–H and O–H groups in total. The minimum absolute atomic E-state index is 0. The number of ether oxygens (including phenoxy) is 3. The Hall–Kier alpha value is -0.490. The third kappa shape index (κ3) is 2.52. The Morgan fingerprint density at radius 3 is 2.71 bits per heavy atom. The Kier molecular flexibility index (Phi) is 4.14. The first-order chi connectivity index (χ1) is 7.84. The summed E-state index contributed by atoms with van der Waals surface area (Å²) < 4.78 is 17.2. The number of fused-ring (bicyclic) bond motifs is 1. The fourth-order valence-corrected chi connectivity index (χ4v) is 2.56. The number of morpholine rings is 1. The first kappa shape index (κ1) is 13.0. The summed E-state index contributed by atoms with van der Waals surface area (Å²) in [7, 11) is 0. The van der Waals surface area contributed by atoms with Gasteiger partial charge in [0.2, 0.25) is 6.79 Å². The van der Waals surface area contributed by atoms with E-state index in [4.69, 9.17) is 14.2 Å². The largest absolute Gasteiger partial charge is 0.454 e. The molecule has 1 atom stereocenters. The first-order valence-electron chi connectivity index (χ1n) is 5.25. The highest BCUT2D eigenvalue weighted by molar-refractivity contribution is 9.10. The molecule has 1 aromatic rings. The number of nitrogens with one attached hydrogen (secondary N) is 1. The molecule has 1 fully saturated rings. The van der Waals surface area contributed by atoms with Gasteiger partial charge in [-0.15, -0.1) is 12.4 Å². The minimum atomic E-state index is 0. The van der Waals surface area contributed by atoms with Gasteiger partial charge in [0.05, 0.1) is 19.3 Å². The third-order valence-corrected chi connectivity index (χ3v) is 3.48. The molecule has 3 rings (SSSR count). The molecule has 17 heavy (non-hydrogen) atoms. The van der Waals surface area contributed by atoms with E-state index in [2.05, 4.69) is 21.2 Å². The molecule has 1 saturated heterocycles. The van der Waals surface area contributed by atoms with Crippen LogP contribution in [0.4, 0.5) is 0 Å². The van der Waals surface area contributed by atoms with Crippen LogP contribution in [0.15, 0.2) is 16.6 Å². The zero-order valence-corrected chi connectivity index (χ0v) is 11.5. The van der Waals surface area contributed by atoms with Crippen LogP contribution in [0.5, 0.6) is 11.5 Å². The van der Waals surface area contributed by atoms with Gasteiger partial charge in [-0.05, 0) is 17.7 Å². The summed E-state index contributed by atoms with van der Waals surface area (Å²) in [4.78, 5) is 0. The molecule has 2 heterocycles. The second-order valence-corrected chi connectivity index (χ2v) is 4.66. The predicted octanol–water partition coefficient (Wildman–Crippen LogP) is 2.26. The highest BCUT2D eigenvalue weighted by Gasteiger charge is 2.22. The quantitative estimate of drug-likeness (QED) is 0.861. The number of hydrogen-bond donors (Lipinski definition) is 1. The SMILES string of the molecule is Brc1cc2c(cc1[C@@H]1COCCN1)OCO2.Cl. The second kappa shape index (κ2) is 5.44. The molecule has 1 aromatic carbocycles. The Morgan fingerprint density at radius 1 is 1.24 bits per heavy atom. The zero-order chi connectivity index (χ0) is 11.0. The molecule has 0 amide bonds. The van der Waals surface area contributed by atoms with Crippen molar-refractivity contribution in [2.75, 3.05) is 26.6 Å². The number of hydrogen-bond acceptors (Lipinski definition) is 4. The van der Waals surface area contributed by atoms with E-state index in [0.717, 1.165) is 34.7 Å². The maximum atomic E-state index is 5.46. The van der Waals surface area contributed by atoms with Crippen LogP contribution in [0.1, 0.15) is 11.6 Å². The van der Waals surface area contributed by atoms with E-state index in [1.54, 1.807) is 0 Å². The van der Waals surface area contributed by atoms with Crippen LogP contribution in [0.2, 0.25) is 0 Å². The van der Waals surface area contributed by atoms with Crippen LogP contribution >= 0.6 is 28.3 Å². The van der Waals surface area contributed by atoms with Crippen LogP contribution in [0.25, 0.3) is 0 Å². The van der Waals surface area contributed by atoms with Gasteiger partial charge in [0.25, 0.3) is 0 Å². The third-order valence-electron chi connectivity index (χ3n) is 2.79. The average molecular weight is 323 g/mol. The smallest absolute Gasteiger partial charge is 0.231 e. The summed E-state index contributed by atoms with van der Waals surface area (Å²) in [6.07, 6.45) is 0. The van der Waals surface area contributed by atoms with Crippen LogP contribution in [-0.4, -0.2) is 26.6 Å². The van der Waals surface area contributed by atoms with E-state index >= 15 is 0 Å². The van der Waals surface area contributed by atoms with Crippen LogP contribution in [-0.2, 0) is 4.74 Å². The molecule has 94 valence electrons. The van der Waals surface area contributed by atoms with Gasteiger partial charge < -0.3 is 19.5 Å². The van der Waals surface area contributed by atoms with Crippen LogP contribution < -0.4 is 14.8 Å². The molecular formula is C11H13BrClNO3. The van der Waals surface area contributed by atoms with Crippen molar-refractivity contribution in [1.82, 2.24) is 5.32 Å². The van der Waals surface area contributed by atoms with Gasteiger partial charge in [0.15, 0.2) is 11.5 Å². The average Bonchev–Trinajstić information content (AvgIpc) is 2.76. The molecular weight excluding hydrogens is 309 g/mol. The van der Waals surface area contributed by atoms with E-state index in [1.165, 1.54) is 0 Å². The van der Waals surface area contributed by atoms with Gasteiger partial charge in [0.1, 0.15) is 0 Å². The van der Waals surface area contributed by atoms with E-state index < -0.39 is 0 Å². The normalized spacial score (nSPS) is 22.1. The van der Waals surface area contributed by atoms with Crippen LogP contribution in [0.3, 0.4) is 0 Å². The Bertz CT molecular complexity index is 410. The summed E-state index contributed by atoms with van der Waals surface area (Å²) in [5.74, 6) is 1.61. The molecule has 0 spiro atoms.